The first kappa shape index (κ1) is 23.8. The van der Waals surface area contributed by atoms with E-state index in [-0.39, 0.29) is 12.5 Å². The van der Waals surface area contributed by atoms with Gasteiger partial charge in [-0.3, -0.25) is 15.0 Å². The number of rotatable bonds is 4. The second-order valence-electron chi connectivity index (χ2n) is 9.83. The first-order chi connectivity index (χ1) is 15.2. The lowest BCUT2D eigenvalue weighted by molar-refractivity contribution is -0.199. The number of amides is 2. The van der Waals surface area contributed by atoms with Gasteiger partial charge in [-0.1, -0.05) is 6.92 Å². The summed E-state index contributed by atoms with van der Waals surface area (Å²) in [4.78, 5) is 28.4. The Morgan fingerprint density at radius 2 is 1.88 bits per heavy atom. The molecule has 5 unspecified atom stereocenters. The fourth-order valence-electron chi connectivity index (χ4n) is 6.21. The van der Waals surface area contributed by atoms with Crippen LogP contribution in [0.3, 0.4) is 0 Å². The lowest BCUT2D eigenvalue weighted by Crippen LogP contribution is -2.69. The van der Waals surface area contributed by atoms with Gasteiger partial charge in [0.15, 0.2) is 0 Å². The number of nitrogens with zero attached hydrogens (tertiary/aromatic N) is 3. The van der Waals surface area contributed by atoms with Gasteiger partial charge in [-0.05, 0) is 57.3 Å². The zero-order chi connectivity index (χ0) is 23.0. The van der Waals surface area contributed by atoms with E-state index in [9.17, 15) is 22.8 Å². The number of hydrogen-bond acceptors (Lipinski definition) is 5. The molecule has 0 aromatic heterocycles. The van der Waals surface area contributed by atoms with Crippen LogP contribution in [-0.4, -0.2) is 89.8 Å². The van der Waals surface area contributed by atoms with Gasteiger partial charge in [0, 0.05) is 38.8 Å². The highest BCUT2D eigenvalue weighted by atomic mass is 19.4. The maximum atomic E-state index is 13.4. The Bertz CT molecular complexity index is 700. The number of halogens is 3. The minimum atomic E-state index is -4.91. The number of nitrogens with one attached hydrogen (secondary N) is 1. The van der Waals surface area contributed by atoms with Gasteiger partial charge in [0.2, 0.25) is 0 Å². The van der Waals surface area contributed by atoms with E-state index in [1.165, 1.54) is 0 Å². The molecule has 4 fully saturated rings. The van der Waals surface area contributed by atoms with Crippen molar-refractivity contribution in [3.05, 3.63) is 0 Å². The van der Waals surface area contributed by atoms with Gasteiger partial charge in [0.25, 0.3) is 5.91 Å². The Morgan fingerprint density at radius 3 is 2.53 bits per heavy atom. The average molecular weight is 461 g/mol. The number of carbonyl (C=O) groups excluding carboxylic acids is 2. The Morgan fingerprint density at radius 1 is 1.09 bits per heavy atom. The number of hydrazine groups is 1. The molecule has 3 aliphatic heterocycles. The van der Waals surface area contributed by atoms with Crippen molar-refractivity contribution < 1.29 is 27.5 Å². The van der Waals surface area contributed by atoms with Crippen LogP contribution < -0.4 is 5.43 Å². The van der Waals surface area contributed by atoms with E-state index in [1.54, 1.807) is 11.8 Å². The van der Waals surface area contributed by atoms with E-state index >= 15 is 0 Å². The first-order valence-electron chi connectivity index (χ1n) is 12.0. The van der Waals surface area contributed by atoms with Crippen molar-refractivity contribution in [2.24, 2.45) is 11.8 Å². The van der Waals surface area contributed by atoms with Gasteiger partial charge in [-0.2, -0.15) is 13.2 Å². The van der Waals surface area contributed by atoms with Crippen LogP contribution in [0.15, 0.2) is 0 Å². The molecule has 3 heterocycles. The highest BCUT2D eigenvalue weighted by Gasteiger charge is 2.54. The smallest absolute Gasteiger partial charge is 0.368 e. The molecule has 0 aromatic carbocycles. The van der Waals surface area contributed by atoms with Crippen molar-refractivity contribution in [3.63, 3.8) is 0 Å². The van der Waals surface area contributed by atoms with Gasteiger partial charge in [0.05, 0.1) is 12.1 Å². The number of ether oxygens (including phenoxy) is 1. The Labute approximate surface area is 187 Å². The molecule has 4 aliphatic rings. The Hall–Kier alpha value is -1.39. The van der Waals surface area contributed by atoms with Crippen molar-refractivity contribution in [1.82, 2.24) is 20.2 Å². The van der Waals surface area contributed by atoms with Crippen LogP contribution in [0.5, 0.6) is 0 Å². The quantitative estimate of drug-likeness (QED) is 0.697. The molecule has 1 saturated carbocycles. The number of carbonyl (C=O) groups is 2. The number of fused-ring (bicyclic) bond motifs is 1. The van der Waals surface area contributed by atoms with Crippen LogP contribution in [0.25, 0.3) is 0 Å². The van der Waals surface area contributed by atoms with Crippen LogP contribution in [0.1, 0.15) is 52.4 Å². The molecule has 1 aliphatic carbocycles. The summed E-state index contributed by atoms with van der Waals surface area (Å²) in [5.74, 6) is -1.20. The molecule has 0 aromatic rings. The summed E-state index contributed by atoms with van der Waals surface area (Å²) in [6, 6.07) is -1.68. The summed E-state index contributed by atoms with van der Waals surface area (Å²) in [6.07, 6.45) is -1.03. The molecule has 6 atom stereocenters. The van der Waals surface area contributed by atoms with Gasteiger partial charge in [-0.15, -0.1) is 0 Å². The summed E-state index contributed by atoms with van der Waals surface area (Å²) in [6.45, 7) is 7.13. The van der Waals surface area contributed by atoms with E-state index < -0.39 is 36.3 Å². The van der Waals surface area contributed by atoms with Gasteiger partial charge < -0.3 is 14.5 Å². The number of piperazine rings is 1. The van der Waals surface area contributed by atoms with Crippen molar-refractivity contribution in [2.45, 2.75) is 82.8 Å². The minimum Gasteiger partial charge on any atom is -0.368 e. The lowest BCUT2D eigenvalue weighted by Gasteiger charge is -2.55. The van der Waals surface area contributed by atoms with Gasteiger partial charge in [-0.25, -0.2) is 5.01 Å². The lowest BCUT2D eigenvalue weighted by atomic mass is 9.73. The molecule has 2 amide bonds. The highest BCUT2D eigenvalue weighted by Crippen LogP contribution is 2.41. The van der Waals surface area contributed by atoms with E-state index in [0.717, 1.165) is 43.8 Å². The zero-order valence-corrected chi connectivity index (χ0v) is 18.9. The molecule has 4 rings (SSSR count). The summed E-state index contributed by atoms with van der Waals surface area (Å²) in [5.41, 5.74) is 3.43. The van der Waals surface area contributed by atoms with E-state index in [4.69, 9.17) is 4.74 Å². The van der Waals surface area contributed by atoms with Crippen LogP contribution in [0.4, 0.5) is 13.2 Å². The van der Waals surface area contributed by atoms with E-state index in [1.807, 2.05) is 0 Å². The second kappa shape index (κ2) is 9.46. The van der Waals surface area contributed by atoms with Crippen molar-refractivity contribution >= 4 is 11.8 Å². The second-order valence-corrected chi connectivity index (χ2v) is 9.83. The van der Waals surface area contributed by atoms with Crippen LogP contribution >= 0.6 is 0 Å². The third-order valence-electron chi connectivity index (χ3n) is 7.67. The first-order valence-corrected chi connectivity index (χ1v) is 12.0. The fraction of sp³-hybridized carbons (Fsp3) is 0.909. The normalized spacial score (nSPS) is 36.4. The van der Waals surface area contributed by atoms with E-state index in [2.05, 4.69) is 17.4 Å². The van der Waals surface area contributed by atoms with Gasteiger partial charge >= 0.3 is 12.1 Å². The van der Waals surface area contributed by atoms with Crippen LogP contribution in [-0.2, 0) is 14.3 Å². The van der Waals surface area contributed by atoms with Crippen molar-refractivity contribution in [1.29, 1.82) is 0 Å². The molecule has 1 N–H and O–H groups in total. The molecule has 182 valence electrons. The van der Waals surface area contributed by atoms with E-state index in [0.29, 0.717) is 37.7 Å². The topological polar surface area (TPSA) is 65.1 Å². The maximum absolute atomic E-state index is 13.4. The summed E-state index contributed by atoms with van der Waals surface area (Å²) >= 11 is 0. The summed E-state index contributed by atoms with van der Waals surface area (Å²) < 4.78 is 45.8. The molecule has 10 heteroatoms. The summed E-state index contributed by atoms with van der Waals surface area (Å²) in [5, 5.41) is 2.22. The molecule has 7 nitrogen and oxygen atoms in total. The van der Waals surface area contributed by atoms with Crippen LogP contribution in [0, 0.1) is 11.8 Å². The van der Waals surface area contributed by atoms with Gasteiger partial charge in [0.1, 0.15) is 6.10 Å². The Kier molecular flexibility index (Phi) is 7.03. The molecular weight excluding hydrogens is 425 g/mol. The predicted octanol–water partition coefficient (Wildman–Crippen LogP) is 2.17. The molecule has 0 bridgehead atoms. The molecular formula is C22H35F3N4O3. The Balaban J connectivity index is 1.55. The van der Waals surface area contributed by atoms with Crippen molar-refractivity contribution in [3.8, 4) is 0 Å². The van der Waals surface area contributed by atoms with Crippen molar-refractivity contribution in [2.75, 3.05) is 32.8 Å². The SMILES string of the molecule is CCCN1CC(C2CCC3C(C2)N(C(=O)C2CCCO2)C[C@H](C)N3C(=O)C(F)(F)F)CN1. The molecule has 0 radical (unpaired) electrons. The molecule has 0 spiro atoms. The largest absolute Gasteiger partial charge is 0.471 e. The fourth-order valence-corrected chi connectivity index (χ4v) is 6.21. The zero-order valence-electron chi connectivity index (χ0n) is 18.9. The van der Waals surface area contributed by atoms with Crippen LogP contribution in [0.2, 0.25) is 0 Å². The monoisotopic (exact) mass is 460 g/mol. The number of hydrogen-bond donors (Lipinski definition) is 1. The minimum absolute atomic E-state index is 0.124. The molecule has 3 saturated heterocycles. The average Bonchev–Trinajstić information content (AvgIpc) is 3.44. The highest BCUT2D eigenvalue weighted by molar-refractivity contribution is 5.84. The third kappa shape index (κ3) is 4.63. The molecule has 32 heavy (non-hydrogen) atoms. The predicted molar refractivity (Wildman–Crippen MR) is 111 cm³/mol. The maximum Gasteiger partial charge on any atom is 0.471 e. The third-order valence-corrected chi connectivity index (χ3v) is 7.67. The number of alkyl halides is 3. The standard InChI is InChI=1S/C22H35F3N4O3/c1-3-8-27-13-16(11-26-27)15-6-7-17-18(10-15)28(20(30)19-5-4-9-32-19)12-14(2)29(17)21(31)22(23,24)25/h14-19,26H,3-13H2,1-2H3/t14-,15?,16?,17?,18?,19?/m0/s1. The summed E-state index contributed by atoms with van der Waals surface area (Å²) in [7, 11) is 0.